The molecule has 3 saturated carbocycles. The number of amides is 1. The van der Waals surface area contributed by atoms with Gasteiger partial charge in [-0.1, -0.05) is 59.8 Å². The molecule has 8 heteroatoms. The van der Waals surface area contributed by atoms with E-state index >= 15 is 0 Å². The number of nitrogens with two attached hydrogens (primary N) is 1. The number of benzene rings is 1. The second-order valence-electron chi connectivity index (χ2n) is 14.0. The average molecular weight is 599 g/mol. The Balaban J connectivity index is 1.51. The first-order valence-electron chi connectivity index (χ1n) is 15.5. The van der Waals surface area contributed by atoms with E-state index in [4.69, 9.17) is 10.5 Å². The Morgan fingerprint density at radius 1 is 1.26 bits per heavy atom. The highest BCUT2D eigenvalue weighted by Crippen LogP contribution is 2.68. The highest BCUT2D eigenvalue weighted by atomic mass is 32.2. The van der Waals surface area contributed by atoms with Crippen LogP contribution in [0.5, 0.6) is 0 Å². The predicted molar refractivity (Wildman–Crippen MR) is 166 cm³/mol. The fourth-order valence-corrected chi connectivity index (χ4v) is 8.95. The predicted octanol–water partition coefficient (Wildman–Crippen LogP) is 5.28. The molecule has 4 rings (SSSR count). The van der Waals surface area contributed by atoms with E-state index in [-0.39, 0.29) is 52.5 Å². The highest BCUT2D eigenvalue weighted by Gasteiger charge is 2.68. The van der Waals surface area contributed by atoms with E-state index in [0.29, 0.717) is 19.4 Å². The number of aliphatic hydroxyl groups excluding tert-OH is 1. The number of ether oxygens (including phenoxy) is 1. The molecule has 3 fully saturated rings. The van der Waals surface area contributed by atoms with Crippen LogP contribution in [0.25, 0.3) is 0 Å². The van der Waals surface area contributed by atoms with Crippen LogP contribution in [0.3, 0.4) is 0 Å². The summed E-state index contributed by atoms with van der Waals surface area (Å²) in [6, 6.07) is 7.16. The lowest BCUT2D eigenvalue weighted by Crippen LogP contribution is -2.63. The summed E-state index contributed by atoms with van der Waals surface area (Å²) in [5.74, 6) is -0.225. The molecule has 2 bridgehead atoms. The van der Waals surface area contributed by atoms with Crippen molar-refractivity contribution in [3.63, 3.8) is 0 Å². The summed E-state index contributed by atoms with van der Waals surface area (Å²) in [6.45, 7) is 16.7. The first-order chi connectivity index (χ1) is 19.7. The maximum atomic E-state index is 13.6. The Bertz CT molecular complexity index is 1200. The van der Waals surface area contributed by atoms with Gasteiger partial charge in [-0.15, -0.1) is 18.3 Å². The quantitative estimate of drug-likeness (QED) is 0.201. The monoisotopic (exact) mass is 598 g/mol. The van der Waals surface area contributed by atoms with E-state index in [0.717, 1.165) is 29.7 Å². The zero-order valence-corrected chi connectivity index (χ0v) is 27.0. The molecule has 4 N–H and O–H groups in total. The Kier molecular flexibility index (Phi) is 9.71. The second-order valence-corrected chi connectivity index (χ2v) is 15.0. The van der Waals surface area contributed by atoms with E-state index in [9.17, 15) is 19.5 Å². The van der Waals surface area contributed by atoms with Gasteiger partial charge in [0.2, 0.25) is 5.91 Å². The summed E-state index contributed by atoms with van der Waals surface area (Å²) < 4.78 is 6.36. The van der Waals surface area contributed by atoms with Gasteiger partial charge < -0.3 is 20.9 Å². The van der Waals surface area contributed by atoms with Crippen LogP contribution in [0.15, 0.2) is 41.8 Å². The molecule has 3 aliphatic rings. The third-order valence-corrected chi connectivity index (χ3v) is 12.3. The summed E-state index contributed by atoms with van der Waals surface area (Å²) in [4.78, 5) is 40.2. The third kappa shape index (κ3) is 5.83. The summed E-state index contributed by atoms with van der Waals surface area (Å²) in [5, 5.41) is 14.6. The van der Waals surface area contributed by atoms with E-state index < -0.39 is 29.1 Å². The molecule has 42 heavy (non-hydrogen) atoms. The van der Waals surface area contributed by atoms with Crippen LogP contribution in [0.1, 0.15) is 79.2 Å². The molecule has 232 valence electrons. The van der Waals surface area contributed by atoms with Crippen LogP contribution < -0.4 is 11.1 Å². The van der Waals surface area contributed by atoms with Crippen molar-refractivity contribution in [2.24, 2.45) is 45.7 Å². The molecule has 0 saturated heterocycles. The topological polar surface area (TPSA) is 119 Å². The molecular weight excluding hydrogens is 548 g/mol. The minimum atomic E-state index is -0.685. The van der Waals surface area contributed by atoms with Crippen molar-refractivity contribution in [2.45, 2.75) is 103 Å². The van der Waals surface area contributed by atoms with Crippen LogP contribution >= 0.6 is 11.8 Å². The number of nitrogens with one attached hydrogen (secondary N) is 1. The lowest BCUT2D eigenvalue weighted by Gasteiger charge is -2.61. The largest absolute Gasteiger partial charge is 0.461 e. The van der Waals surface area contributed by atoms with Crippen molar-refractivity contribution in [1.29, 1.82) is 0 Å². The normalized spacial score (nSPS) is 36.9. The zero-order valence-electron chi connectivity index (χ0n) is 26.2. The Morgan fingerprint density at radius 2 is 1.98 bits per heavy atom. The number of hydrogen-bond donors (Lipinski definition) is 3. The van der Waals surface area contributed by atoms with Crippen molar-refractivity contribution in [3.8, 4) is 0 Å². The zero-order chi connectivity index (χ0) is 31.0. The van der Waals surface area contributed by atoms with E-state index in [1.165, 1.54) is 11.8 Å². The smallest absolute Gasteiger partial charge is 0.316 e. The molecule has 1 amide bonds. The van der Waals surface area contributed by atoms with Crippen molar-refractivity contribution >= 4 is 29.4 Å². The first kappa shape index (κ1) is 32.7. The number of carbonyl (C=O) groups excluding carboxylic acids is 3. The van der Waals surface area contributed by atoms with Gasteiger partial charge in [0.1, 0.15) is 11.9 Å². The molecule has 0 radical (unpaired) electrons. The van der Waals surface area contributed by atoms with Crippen LogP contribution in [0, 0.1) is 39.9 Å². The standard InChI is InChI=1S/C34H50N2O5S/c1-8-32(6)17-26(33(7)21(4)12-14-34(22(5)30(32)39)15-13-25(37)29(33)34)41-27(38)19-42-24-11-9-10-23(16-24)18-36-31(40)28(35)20(2)3/h8-11,16,20-22,26,28-30,39H,1,12-15,17-19,35H2,2-7H3,(H,36,40)/t21?,22-,26+,28-,29?,30-,32+,33-,34?/m0/s1. The van der Waals surface area contributed by atoms with Gasteiger partial charge in [-0.3, -0.25) is 14.4 Å². The maximum absolute atomic E-state index is 13.6. The highest BCUT2D eigenvalue weighted by molar-refractivity contribution is 8.00. The summed E-state index contributed by atoms with van der Waals surface area (Å²) in [5.41, 5.74) is 5.39. The van der Waals surface area contributed by atoms with E-state index in [1.807, 2.05) is 51.1 Å². The molecule has 9 atom stereocenters. The van der Waals surface area contributed by atoms with Gasteiger partial charge in [0.05, 0.1) is 17.9 Å². The molecule has 0 spiro atoms. The van der Waals surface area contributed by atoms with Gasteiger partial charge in [0.25, 0.3) is 0 Å². The number of ketones is 1. The molecule has 1 aromatic rings. The number of aliphatic hydroxyl groups is 1. The van der Waals surface area contributed by atoms with Crippen molar-refractivity contribution < 1.29 is 24.2 Å². The minimum Gasteiger partial charge on any atom is -0.461 e. The SMILES string of the molecule is C=C[C@]1(C)C[C@@H](OC(=O)CSc2cccc(CNC(=O)[C@@H](N)C(C)C)c2)[C@]2(C)C(C)CCC3(CCC(=O)C32)[C@@H](C)[C@@H]1O. The lowest BCUT2D eigenvalue weighted by molar-refractivity contribution is -0.205. The number of carbonyl (C=O) groups is 3. The molecule has 0 aromatic heterocycles. The van der Waals surface area contributed by atoms with Crippen LogP contribution in [-0.2, 0) is 25.7 Å². The van der Waals surface area contributed by atoms with Gasteiger partial charge in [0, 0.05) is 34.6 Å². The average Bonchev–Trinajstić information content (AvgIpc) is 3.32. The molecule has 3 unspecified atom stereocenters. The molecule has 3 aliphatic carbocycles. The van der Waals surface area contributed by atoms with Crippen molar-refractivity contribution in [2.75, 3.05) is 5.75 Å². The minimum absolute atomic E-state index is 0.0498. The van der Waals surface area contributed by atoms with Gasteiger partial charge in [0.15, 0.2) is 0 Å². The Morgan fingerprint density at radius 3 is 2.64 bits per heavy atom. The van der Waals surface area contributed by atoms with E-state index in [2.05, 4.69) is 32.7 Å². The molecule has 1 aromatic carbocycles. The fraction of sp³-hybridized carbons (Fsp3) is 0.676. The van der Waals surface area contributed by atoms with Crippen LogP contribution in [0.2, 0.25) is 0 Å². The molecule has 7 nitrogen and oxygen atoms in total. The van der Waals surface area contributed by atoms with Gasteiger partial charge in [-0.05, 0) is 66.5 Å². The second kappa shape index (κ2) is 12.4. The summed E-state index contributed by atoms with van der Waals surface area (Å²) >= 11 is 1.39. The third-order valence-electron chi connectivity index (χ3n) is 11.3. The molecular formula is C34H50N2O5S. The Hall–Kier alpha value is -2.16. The summed E-state index contributed by atoms with van der Waals surface area (Å²) in [6.07, 6.45) is 4.18. The van der Waals surface area contributed by atoms with Crippen molar-refractivity contribution in [3.05, 3.63) is 42.5 Å². The molecule has 0 heterocycles. The summed E-state index contributed by atoms with van der Waals surface area (Å²) in [7, 11) is 0. The fourth-order valence-electron chi connectivity index (χ4n) is 8.19. The Labute approximate surface area is 255 Å². The number of rotatable bonds is 9. The maximum Gasteiger partial charge on any atom is 0.316 e. The number of hydrogen-bond acceptors (Lipinski definition) is 7. The first-order valence-corrected chi connectivity index (χ1v) is 16.5. The van der Waals surface area contributed by atoms with Crippen molar-refractivity contribution in [1.82, 2.24) is 5.32 Å². The molecule has 0 aliphatic heterocycles. The van der Waals surface area contributed by atoms with Gasteiger partial charge in [-0.2, -0.15) is 0 Å². The number of thioether (sulfide) groups is 1. The van der Waals surface area contributed by atoms with Crippen LogP contribution in [-0.4, -0.2) is 46.8 Å². The number of Topliss-reactive ketones (excluding diaryl/α,β-unsaturated/α-hetero) is 1. The van der Waals surface area contributed by atoms with Gasteiger partial charge in [-0.25, -0.2) is 0 Å². The lowest BCUT2D eigenvalue weighted by atomic mass is 9.44. The van der Waals surface area contributed by atoms with E-state index in [1.54, 1.807) is 0 Å². The van der Waals surface area contributed by atoms with Crippen LogP contribution in [0.4, 0.5) is 0 Å². The van der Waals surface area contributed by atoms with Gasteiger partial charge >= 0.3 is 5.97 Å². The number of esters is 1.